The molecule has 92 valence electrons. The lowest BCUT2D eigenvalue weighted by atomic mass is 10.2. The van der Waals surface area contributed by atoms with E-state index in [1.807, 2.05) is 30.3 Å². The monoisotopic (exact) mass is 243 g/mol. The second-order valence-corrected chi connectivity index (χ2v) is 3.68. The number of benzene rings is 1. The highest BCUT2D eigenvalue weighted by Crippen LogP contribution is 2.03. The number of hydrogen-bond acceptors (Lipinski definition) is 4. The summed E-state index contributed by atoms with van der Waals surface area (Å²) in [5.41, 5.74) is 1.77. The van der Waals surface area contributed by atoms with Gasteiger partial charge in [-0.15, -0.1) is 5.10 Å². The van der Waals surface area contributed by atoms with Gasteiger partial charge >= 0.3 is 5.97 Å². The van der Waals surface area contributed by atoms with Crippen LogP contribution in [0.3, 0.4) is 0 Å². The summed E-state index contributed by atoms with van der Waals surface area (Å²) < 4.78 is 6.21. The van der Waals surface area contributed by atoms with Gasteiger partial charge in [0.1, 0.15) is 5.69 Å². The fourth-order valence-corrected chi connectivity index (χ4v) is 1.46. The van der Waals surface area contributed by atoms with E-state index in [0.717, 1.165) is 5.56 Å². The van der Waals surface area contributed by atoms with E-state index in [2.05, 4.69) is 15.0 Å². The van der Waals surface area contributed by atoms with Crippen LogP contribution in [0.25, 0.3) is 6.08 Å². The van der Waals surface area contributed by atoms with Crippen LogP contribution in [0.1, 0.15) is 11.3 Å². The van der Waals surface area contributed by atoms with Gasteiger partial charge in [-0.1, -0.05) is 35.5 Å². The van der Waals surface area contributed by atoms with Crippen LogP contribution in [0.2, 0.25) is 0 Å². The van der Waals surface area contributed by atoms with Crippen molar-refractivity contribution in [3.05, 3.63) is 53.9 Å². The van der Waals surface area contributed by atoms with Gasteiger partial charge in [-0.3, -0.25) is 0 Å². The molecule has 0 spiro atoms. The predicted molar refractivity (Wildman–Crippen MR) is 66.6 cm³/mol. The zero-order valence-corrected chi connectivity index (χ0v) is 9.98. The Bertz CT molecular complexity index is 546. The maximum absolute atomic E-state index is 10.9. The van der Waals surface area contributed by atoms with E-state index in [-0.39, 0.29) is 0 Å². The normalized spacial score (nSPS) is 10.7. The van der Waals surface area contributed by atoms with Crippen molar-refractivity contribution in [2.75, 3.05) is 7.11 Å². The second kappa shape index (κ2) is 5.77. The van der Waals surface area contributed by atoms with Crippen molar-refractivity contribution in [2.24, 2.45) is 0 Å². The summed E-state index contributed by atoms with van der Waals surface area (Å²) >= 11 is 0. The zero-order valence-electron chi connectivity index (χ0n) is 9.98. The van der Waals surface area contributed by atoms with Crippen molar-refractivity contribution in [1.82, 2.24) is 15.0 Å². The summed E-state index contributed by atoms with van der Waals surface area (Å²) in [6.45, 7) is 0.653. The van der Waals surface area contributed by atoms with Crippen LogP contribution in [0.4, 0.5) is 0 Å². The smallest absolute Gasteiger partial charge is 0.330 e. The Labute approximate surface area is 105 Å². The summed E-state index contributed by atoms with van der Waals surface area (Å²) in [5.74, 6) is -0.410. The zero-order chi connectivity index (χ0) is 12.8. The molecule has 1 heterocycles. The van der Waals surface area contributed by atoms with Gasteiger partial charge in [0, 0.05) is 6.08 Å². The summed E-state index contributed by atoms with van der Waals surface area (Å²) in [5, 5.41) is 7.92. The quantitative estimate of drug-likeness (QED) is 0.603. The first-order valence-corrected chi connectivity index (χ1v) is 5.48. The molecule has 0 saturated heterocycles. The third-order valence-electron chi connectivity index (χ3n) is 2.34. The van der Waals surface area contributed by atoms with E-state index in [0.29, 0.717) is 12.2 Å². The number of methoxy groups -OCH3 is 1. The summed E-state index contributed by atoms with van der Waals surface area (Å²) in [4.78, 5) is 10.9. The minimum absolute atomic E-state index is 0.410. The highest BCUT2D eigenvalue weighted by molar-refractivity contribution is 5.86. The fraction of sp³-hybridized carbons (Fsp3) is 0.154. The maximum atomic E-state index is 10.9. The summed E-state index contributed by atoms with van der Waals surface area (Å²) in [6, 6.07) is 9.96. The van der Waals surface area contributed by atoms with E-state index in [1.165, 1.54) is 13.2 Å². The lowest BCUT2D eigenvalue weighted by Crippen LogP contribution is -1.99. The number of ether oxygens (including phenoxy) is 1. The third kappa shape index (κ3) is 3.28. The first-order valence-electron chi connectivity index (χ1n) is 5.48. The number of hydrogen-bond donors (Lipinski definition) is 0. The summed E-state index contributed by atoms with van der Waals surface area (Å²) in [7, 11) is 1.33. The topological polar surface area (TPSA) is 57.0 Å². The molecule has 0 bridgehead atoms. The van der Waals surface area contributed by atoms with Crippen LogP contribution in [0.15, 0.2) is 42.6 Å². The van der Waals surface area contributed by atoms with Crippen molar-refractivity contribution in [2.45, 2.75) is 6.54 Å². The van der Waals surface area contributed by atoms with Crippen molar-refractivity contribution < 1.29 is 9.53 Å². The van der Waals surface area contributed by atoms with Crippen molar-refractivity contribution in [3.8, 4) is 0 Å². The minimum atomic E-state index is -0.410. The van der Waals surface area contributed by atoms with Crippen molar-refractivity contribution >= 4 is 12.0 Å². The molecule has 0 radical (unpaired) electrons. The van der Waals surface area contributed by atoms with Gasteiger partial charge in [0.05, 0.1) is 19.9 Å². The van der Waals surface area contributed by atoms with Crippen LogP contribution in [-0.2, 0) is 16.1 Å². The molecule has 0 saturated carbocycles. The van der Waals surface area contributed by atoms with E-state index >= 15 is 0 Å². The first kappa shape index (κ1) is 12.0. The molecule has 2 rings (SSSR count). The molecular formula is C13H13N3O2. The number of nitrogens with zero attached hydrogens (tertiary/aromatic N) is 3. The second-order valence-electron chi connectivity index (χ2n) is 3.68. The molecule has 0 unspecified atom stereocenters. The van der Waals surface area contributed by atoms with E-state index < -0.39 is 5.97 Å². The Kier molecular flexibility index (Phi) is 3.86. The number of aromatic nitrogens is 3. The van der Waals surface area contributed by atoms with Gasteiger partial charge in [-0.05, 0) is 11.6 Å². The third-order valence-corrected chi connectivity index (χ3v) is 2.34. The maximum Gasteiger partial charge on any atom is 0.330 e. The molecule has 0 atom stereocenters. The van der Waals surface area contributed by atoms with Gasteiger partial charge in [0.25, 0.3) is 0 Å². The van der Waals surface area contributed by atoms with Crippen LogP contribution in [-0.4, -0.2) is 28.1 Å². The van der Waals surface area contributed by atoms with Gasteiger partial charge in [-0.2, -0.15) is 0 Å². The predicted octanol–water partition coefficient (Wildman–Crippen LogP) is 1.51. The number of carbonyl (C=O) groups is 1. The van der Waals surface area contributed by atoms with E-state index in [9.17, 15) is 4.79 Å². The fourth-order valence-electron chi connectivity index (χ4n) is 1.46. The molecule has 0 N–H and O–H groups in total. The van der Waals surface area contributed by atoms with Gasteiger partial charge in [0.15, 0.2) is 0 Å². The van der Waals surface area contributed by atoms with Crippen molar-refractivity contribution in [3.63, 3.8) is 0 Å². The standard InChI is InChI=1S/C13H13N3O2/c1-18-13(17)8-7-12-10-16(15-14-12)9-11-5-3-2-4-6-11/h2-8,10H,9H2,1H3/b8-7+. The Morgan fingerprint density at radius 3 is 2.89 bits per heavy atom. The largest absolute Gasteiger partial charge is 0.466 e. The number of esters is 1. The molecule has 0 aliphatic heterocycles. The molecular weight excluding hydrogens is 230 g/mol. The van der Waals surface area contributed by atoms with Crippen LogP contribution in [0.5, 0.6) is 0 Å². The highest BCUT2D eigenvalue weighted by atomic mass is 16.5. The van der Waals surface area contributed by atoms with Crippen LogP contribution < -0.4 is 0 Å². The molecule has 18 heavy (non-hydrogen) atoms. The molecule has 0 aliphatic rings. The molecule has 5 heteroatoms. The first-order chi connectivity index (χ1) is 8.78. The number of carbonyl (C=O) groups excluding carboxylic acids is 1. The van der Waals surface area contributed by atoms with E-state index in [1.54, 1.807) is 17.0 Å². The Morgan fingerprint density at radius 2 is 2.17 bits per heavy atom. The molecule has 0 amide bonds. The average Bonchev–Trinajstić information content (AvgIpc) is 2.85. The molecule has 1 aromatic heterocycles. The molecule has 2 aromatic rings. The Hall–Kier alpha value is -2.43. The molecule has 1 aromatic carbocycles. The SMILES string of the molecule is COC(=O)/C=C/c1cn(Cc2ccccc2)nn1. The van der Waals surface area contributed by atoms with Gasteiger partial charge < -0.3 is 4.74 Å². The van der Waals surface area contributed by atoms with Crippen molar-refractivity contribution in [1.29, 1.82) is 0 Å². The Morgan fingerprint density at radius 1 is 1.39 bits per heavy atom. The summed E-state index contributed by atoms with van der Waals surface area (Å²) in [6.07, 6.45) is 4.66. The molecule has 0 aliphatic carbocycles. The van der Waals surface area contributed by atoms with Crippen LogP contribution in [0, 0.1) is 0 Å². The highest BCUT2D eigenvalue weighted by Gasteiger charge is 1.99. The lowest BCUT2D eigenvalue weighted by Gasteiger charge is -1.98. The lowest BCUT2D eigenvalue weighted by molar-refractivity contribution is -0.134. The average molecular weight is 243 g/mol. The molecule has 0 fully saturated rings. The van der Waals surface area contributed by atoms with Crippen LogP contribution >= 0.6 is 0 Å². The minimum Gasteiger partial charge on any atom is -0.466 e. The van der Waals surface area contributed by atoms with Gasteiger partial charge in [0.2, 0.25) is 0 Å². The Balaban J connectivity index is 2.02. The van der Waals surface area contributed by atoms with E-state index in [4.69, 9.17) is 0 Å². The molecule has 5 nitrogen and oxygen atoms in total. The number of rotatable bonds is 4. The van der Waals surface area contributed by atoms with Gasteiger partial charge in [-0.25, -0.2) is 9.48 Å².